The minimum Gasteiger partial charge on any atom is -0.493 e. The number of hydrogen-bond acceptors (Lipinski definition) is 2. The van der Waals surface area contributed by atoms with Gasteiger partial charge >= 0.3 is 0 Å². The van der Waals surface area contributed by atoms with Crippen LogP contribution in [0, 0.1) is 5.82 Å². The van der Waals surface area contributed by atoms with Gasteiger partial charge in [0.25, 0.3) is 0 Å². The first-order valence-electron chi connectivity index (χ1n) is 3.84. The standard InChI is InChI=1S/C9H11BrFNO/c1-5(12)7-3-6(10)4-8(11)9(7)13-2/h3-5H,12H2,1-2H3/t5-/m0/s1. The number of ether oxygens (including phenoxy) is 1. The zero-order valence-corrected chi connectivity index (χ0v) is 9.06. The van der Waals surface area contributed by atoms with E-state index in [1.165, 1.54) is 13.2 Å². The zero-order chi connectivity index (χ0) is 10.0. The fourth-order valence-electron chi connectivity index (χ4n) is 1.13. The molecule has 1 atom stereocenters. The van der Waals surface area contributed by atoms with Gasteiger partial charge < -0.3 is 10.5 Å². The average molecular weight is 248 g/mol. The third kappa shape index (κ3) is 2.19. The maximum absolute atomic E-state index is 13.3. The minimum absolute atomic E-state index is 0.221. The largest absolute Gasteiger partial charge is 0.493 e. The molecule has 0 aliphatic carbocycles. The first-order chi connectivity index (χ1) is 6.06. The molecule has 0 spiro atoms. The van der Waals surface area contributed by atoms with Crippen LogP contribution in [0.15, 0.2) is 16.6 Å². The molecule has 0 unspecified atom stereocenters. The van der Waals surface area contributed by atoms with E-state index in [2.05, 4.69) is 15.9 Å². The molecule has 0 aromatic heterocycles. The number of rotatable bonds is 2. The van der Waals surface area contributed by atoms with Crippen molar-refractivity contribution in [2.75, 3.05) is 7.11 Å². The molecule has 72 valence electrons. The van der Waals surface area contributed by atoms with Gasteiger partial charge in [0.15, 0.2) is 11.6 Å². The van der Waals surface area contributed by atoms with Crippen molar-refractivity contribution in [3.05, 3.63) is 28.0 Å². The van der Waals surface area contributed by atoms with Crippen molar-refractivity contribution in [1.29, 1.82) is 0 Å². The second-order valence-corrected chi connectivity index (χ2v) is 3.71. The molecule has 2 nitrogen and oxygen atoms in total. The van der Waals surface area contributed by atoms with Gasteiger partial charge in [0, 0.05) is 16.1 Å². The number of halogens is 2. The number of benzene rings is 1. The van der Waals surface area contributed by atoms with Crippen LogP contribution in [0.25, 0.3) is 0 Å². The smallest absolute Gasteiger partial charge is 0.166 e. The van der Waals surface area contributed by atoms with E-state index in [0.717, 1.165) is 0 Å². The molecule has 13 heavy (non-hydrogen) atoms. The van der Waals surface area contributed by atoms with Crippen molar-refractivity contribution < 1.29 is 9.13 Å². The third-order valence-corrected chi connectivity index (χ3v) is 2.19. The molecule has 0 saturated carbocycles. The van der Waals surface area contributed by atoms with Gasteiger partial charge in [0.1, 0.15) is 0 Å². The molecule has 0 aliphatic rings. The summed E-state index contributed by atoms with van der Waals surface area (Å²) in [6.07, 6.45) is 0. The van der Waals surface area contributed by atoms with Crippen LogP contribution < -0.4 is 10.5 Å². The van der Waals surface area contributed by atoms with Crippen LogP contribution in [0.1, 0.15) is 18.5 Å². The van der Waals surface area contributed by atoms with Crippen LogP contribution in [-0.2, 0) is 0 Å². The molecule has 0 heterocycles. The van der Waals surface area contributed by atoms with Crippen molar-refractivity contribution >= 4 is 15.9 Å². The van der Waals surface area contributed by atoms with E-state index in [-0.39, 0.29) is 11.8 Å². The Labute approximate surface area is 85.0 Å². The topological polar surface area (TPSA) is 35.2 Å². The maximum Gasteiger partial charge on any atom is 0.166 e. The molecule has 0 fully saturated rings. The summed E-state index contributed by atoms with van der Waals surface area (Å²) in [4.78, 5) is 0. The summed E-state index contributed by atoms with van der Waals surface area (Å²) < 4.78 is 18.8. The van der Waals surface area contributed by atoms with Crippen molar-refractivity contribution in [1.82, 2.24) is 0 Å². The van der Waals surface area contributed by atoms with Gasteiger partial charge in [-0.1, -0.05) is 15.9 Å². The van der Waals surface area contributed by atoms with Gasteiger partial charge in [-0.3, -0.25) is 0 Å². The van der Waals surface area contributed by atoms with Gasteiger partial charge in [0.05, 0.1) is 7.11 Å². The molecule has 1 rings (SSSR count). The molecule has 0 radical (unpaired) electrons. The van der Waals surface area contributed by atoms with Crippen molar-refractivity contribution in [3.8, 4) is 5.75 Å². The van der Waals surface area contributed by atoms with Gasteiger partial charge in [-0.25, -0.2) is 4.39 Å². The summed E-state index contributed by atoms with van der Waals surface area (Å²) in [5, 5.41) is 0. The summed E-state index contributed by atoms with van der Waals surface area (Å²) in [6.45, 7) is 1.78. The summed E-state index contributed by atoms with van der Waals surface area (Å²) in [5.41, 5.74) is 6.32. The predicted molar refractivity (Wildman–Crippen MR) is 53.3 cm³/mol. The van der Waals surface area contributed by atoms with Gasteiger partial charge in [0.2, 0.25) is 0 Å². The van der Waals surface area contributed by atoms with Crippen LogP contribution in [0.3, 0.4) is 0 Å². The third-order valence-electron chi connectivity index (χ3n) is 1.73. The Morgan fingerprint density at radius 2 is 2.15 bits per heavy atom. The Hall–Kier alpha value is -0.610. The number of nitrogens with two attached hydrogens (primary N) is 1. The summed E-state index contributed by atoms with van der Waals surface area (Å²) in [6, 6.07) is 2.86. The summed E-state index contributed by atoms with van der Waals surface area (Å²) in [5.74, 6) is -0.178. The van der Waals surface area contributed by atoms with Crippen molar-refractivity contribution in [2.45, 2.75) is 13.0 Å². The quantitative estimate of drug-likeness (QED) is 0.873. The highest BCUT2D eigenvalue weighted by Gasteiger charge is 2.13. The molecule has 0 aliphatic heterocycles. The number of methoxy groups -OCH3 is 1. The van der Waals surface area contributed by atoms with Crippen LogP contribution in [0.4, 0.5) is 4.39 Å². The lowest BCUT2D eigenvalue weighted by atomic mass is 10.1. The molecule has 1 aromatic carbocycles. The van der Waals surface area contributed by atoms with E-state index in [9.17, 15) is 4.39 Å². The molecule has 0 bridgehead atoms. The fraction of sp³-hybridized carbons (Fsp3) is 0.333. The highest BCUT2D eigenvalue weighted by atomic mass is 79.9. The Balaban J connectivity index is 3.29. The maximum atomic E-state index is 13.3. The van der Waals surface area contributed by atoms with Crippen LogP contribution in [0.2, 0.25) is 0 Å². The van der Waals surface area contributed by atoms with E-state index in [4.69, 9.17) is 10.5 Å². The lowest BCUT2D eigenvalue weighted by Gasteiger charge is -2.12. The molecule has 0 saturated heterocycles. The minimum atomic E-state index is -0.399. The molecule has 1 aromatic rings. The molecule has 2 N–H and O–H groups in total. The first kappa shape index (κ1) is 10.5. The average Bonchev–Trinajstić information content (AvgIpc) is 2.02. The second kappa shape index (κ2) is 4.07. The lowest BCUT2D eigenvalue weighted by Crippen LogP contribution is -2.08. The summed E-state index contributed by atoms with van der Waals surface area (Å²) >= 11 is 3.19. The Morgan fingerprint density at radius 3 is 2.62 bits per heavy atom. The van der Waals surface area contributed by atoms with E-state index in [1.54, 1.807) is 13.0 Å². The highest BCUT2D eigenvalue weighted by Crippen LogP contribution is 2.30. The van der Waals surface area contributed by atoms with E-state index in [0.29, 0.717) is 10.0 Å². The Kier molecular flexibility index (Phi) is 3.27. The molecular weight excluding hydrogens is 237 g/mol. The molecule has 0 amide bonds. The molecule has 4 heteroatoms. The lowest BCUT2D eigenvalue weighted by molar-refractivity contribution is 0.378. The van der Waals surface area contributed by atoms with Gasteiger partial charge in [-0.15, -0.1) is 0 Å². The predicted octanol–water partition coefficient (Wildman–Crippen LogP) is 2.62. The van der Waals surface area contributed by atoms with Crippen LogP contribution in [-0.4, -0.2) is 7.11 Å². The van der Waals surface area contributed by atoms with Crippen molar-refractivity contribution in [2.24, 2.45) is 5.73 Å². The zero-order valence-electron chi connectivity index (χ0n) is 7.47. The highest BCUT2D eigenvalue weighted by molar-refractivity contribution is 9.10. The summed E-state index contributed by atoms with van der Waals surface area (Å²) in [7, 11) is 1.43. The molecular formula is C9H11BrFNO. The first-order valence-corrected chi connectivity index (χ1v) is 4.64. The van der Waals surface area contributed by atoms with Crippen LogP contribution in [0.5, 0.6) is 5.75 Å². The van der Waals surface area contributed by atoms with Crippen molar-refractivity contribution in [3.63, 3.8) is 0 Å². The normalized spacial score (nSPS) is 12.7. The van der Waals surface area contributed by atoms with E-state index >= 15 is 0 Å². The van der Waals surface area contributed by atoms with Gasteiger partial charge in [-0.2, -0.15) is 0 Å². The van der Waals surface area contributed by atoms with Gasteiger partial charge in [-0.05, 0) is 19.1 Å². The Morgan fingerprint density at radius 1 is 1.54 bits per heavy atom. The van der Waals surface area contributed by atoms with E-state index < -0.39 is 5.82 Å². The Bertz CT molecular complexity index is 315. The second-order valence-electron chi connectivity index (χ2n) is 2.80. The monoisotopic (exact) mass is 247 g/mol. The van der Waals surface area contributed by atoms with E-state index in [1.807, 2.05) is 0 Å². The van der Waals surface area contributed by atoms with Crippen LogP contribution >= 0.6 is 15.9 Å². The number of hydrogen-bond donors (Lipinski definition) is 1. The SMILES string of the molecule is COc1c(F)cc(Br)cc1[C@H](C)N. The fourth-order valence-corrected chi connectivity index (χ4v) is 1.58.